The molecule has 2 rings (SSSR count). The van der Waals surface area contributed by atoms with Crippen molar-refractivity contribution >= 4 is 16.2 Å². The molecule has 0 aromatic carbocycles. The predicted molar refractivity (Wildman–Crippen MR) is 75.7 cm³/mol. The van der Waals surface area contributed by atoms with Crippen LogP contribution in [-0.2, 0) is 21.5 Å². The molecule has 1 aliphatic rings. The van der Waals surface area contributed by atoms with Gasteiger partial charge in [0.1, 0.15) is 0 Å². The van der Waals surface area contributed by atoms with E-state index in [-0.39, 0.29) is 19.1 Å². The minimum atomic E-state index is -3.59. The number of carbonyl (C=O) groups is 1. The number of piperidine rings is 1. The maximum atomic E-state index is 12.2. The molecule has 0 saturated carbocycles. The van der Waals surface area contributed by atoms with Crippen molar-refractivity contribution in [3.8, 4) is 0 Å². The Kier molecular flexibility index (Phi) is 4.96. The van der Waals surface area contributed by atoms with E-state index in [0.29, 0.717) is 19.4 Å². The molecular weight excluding hydrogens is 296 g/mol. The van der Waals surface area contributed by atoms with Gasteiger partial charge in [-0.25, -0.2) is 0 Å². The third-order valence-electron chi connectivity index (χ3n) is 3.51. The molecule has 9 heteroatoms. The molecule has 1 unspecified atom stereocenters. The Hall–Kier alpha value is -1.45. The standard InChI is InChI=1S/C12H20N4O4S/c1-10(9-15-6-2-5-13-15)14-21(19,20)16-7-3-11(4-8-16)12(17)18/h2,5-6,10-11,14H,3-4,7-9H2,1H3,(H,17,18). The van der Waals surface area contributed by atoms with E-state index in [9.17, 15) is 13.2 Å². The average Bonchev–Trinajstić information content (AvgIpc) is 2.90. The summed E-state index contributed by atoms with van der Waals surface area (Å²) in [5, 5.41) is 13.0. The van der Waals surface area contributed by atoms with E-state index in [2.05, 4.69) is 9.82 Å². The first-order valence-electron chi connectivity index (χ1n) is 6.86. The average molecular weight is 316 g/mol. The first-order chi connectivity index (χ1) is 9.88. The van der Waals surface area contributed by atoms with Crippen molar-refractivity contribution in [1.29, 1.82) is 0 Å². The Labute approximate surface area is 123 Å². The summed E-state index contributed by atoms with van der Waals surface area (Å²) in [7, 11) is -3.59. The highest BCUT2D eigenvalue weighted by atomic mass is 32.2. The lowest BCUT2D eigenvalue weighted by molar-refractivity contribution is -0.142. The SMILES string of the molecule is CC(Cn1cccn1)NS(=O)(=O)N1CCC(C(=O)O)CC1. The fourth-order valence-electron chi connectivity index (χ4n) is 2.40. The van der Waals surface area contributed by atoms with Crippen LogP contribution < -0.4 is 4.72 Å². The quantitative estimate of drug-likeness (QED) is 0.763. The lowest BCUT2D eigenvalue weighted by atomic mass is 9.99. The molecule has 0 radical (unpaired) electrons. The Morgan fingerprint density at radius 3 is 2.67 bits per heavy atom. The van der Waals surface area contributed by atoms with Crippen LogP contribution in [0.15, 0.2) is 18.5 Å². The van der Waals surface area contributed by atoms with Crippen molar-refractivity contribution in [2.45, 2.75) is 32.4 Å². The van der Waals surface area contributed by atoms with Gasteiger partial charge in [-0.2, -0.15) is 22.5 Å². The number of carboxylic acids is 1. The van der Waals surface area contributed by atoms with Crippen molar-refractivity contribution in [2.24, 2.45) is 5.92 Å². The van der Waals surface area contributed by atoms with Crippen molar-refractivity contribution in [2.75, 3.05) is 13.1 Å². The second-order valence-electron chi connectivity index (χ2n) is 5.26. The Bertz CT molecular complexity index is 564. The third-order valence-corrected chi connectivity index (χ3v) is 5.26. The normalized spacial score (nSPS) is 19.5. The second kappa shape index (κ2) is 6.54. The number of hydrogen-bond donors (Lipinski definition) is 2. The van der Waals surface area contributed by atoms with E-state index >= 15 is 0 Å². The lowest BCUT2D eigenvalue weighted by Gasteiger charge is -2.30. The van der Waals surface area contributed by atoms with Crippen molar-refractivity contribution in [1.82, 2.24) is 18.8 Å². The van der Waals surface area contributed by atoms with Gasteiger partial charge in [-0.3, -0.25) is 9.48 Å². The van der Waals surface area contributed by atoms with Gasteiger partial charge in [-0.05, 0) is 25.8 Å². The minimum Gasteiger partial charge on any atom is -0.481 e. The summed E-state index contributed by atoms with van der Waals surface area (Å²) in [6.45, 7) is 2.68. The summed E-state index contributed by atoms with van der Waals surface area (Å²) in [6, 6.07) is 1.48. The van der Waals surface area contributed by atoms with Crippen molar-refractivity contribution < 1.29 is 18.3 Å². The molecule has 118 valence electrons. The largest absolute Gasteiger partial charge is 0.481 e. The van der Waals surface area contributed by atoms with Gasteiger partial charge in [0.2, 0.25) is 0 Å². The fraction of sp³-hybridized carbons (Fsp3) is 0.667. The molecule has 1 fully saturated rings. The monoisotopic (exact) mass is 316 g/mol. The summed E-state index contributed by atoms with van der Waals surface area (Å²) in [4.78, 5) is 10.9. The van der Waals surface area contributed by atoms with Crippen molar-refractivity contribution in [3.05, 3.63) is 18.5 Å². The molecule has 0 amide bonds. The topological polar surface area (TPSA) is 105 Å². The van der Waals surface area contributed by atoms with Gasteiger partial charge in [0.25, 0.3) is 10.2 Å². The van der Waals surface area contributed by atoms with Gasteiger partial charge in [0, 0.05) is 31.5 Å². The summed E-state index contributed by atoms with van der Waals surface area (Å²) < 4.78 is 30.0. The third kappa shape index (κ3) is 4.26. The molecule has 1 saturated heterocycles. The fourth-order valence-corrected chi connectivity index (χ4v) is 3.82. The van der Waals surface area contributed by atoms with E-state index < -0.39 is 22.1 Å². The van der Waals surface area contributed by atoms with Crippen LogP contribution in [-0.4, -0.2) is 52.7 Å². The van der Waals surface area contributed by atoms with Gasteiger partial charge in [0.05, 0.1) is 12.5 Å². The zero-order valence-corrected chi connectivity index (χ0v) is 12.7. The van der Waals surface area contributed by atoms with Crippen LogP contribution in [0.5, 0.6) is 0 Å². The summed E-state index contributed by atoms with van der Waals surface area (Å²) in [5.74, 6) is -1.30. The van der Waals surface area contributed by atoms with Gasteiger partial charge < -0.3 is 5.11 Å². The number of nitrogens with zero attached hydrogens (tertiary/aromatic N) is 3. The number of hydrogen-bond acceptors (Lipinski definition) is 4. The molecule has 0 aliphatic carbocycles. The summed E-state index contributed by atoms with van der Waals surface area (Å²) in [6.07, 6.45) is 4.11. The zero-order chi connectivity index (χ0) is 15.5. The number of aliphatic carboxylic acids is 1. The predicted octanol–water partition coefficient (Wildman–Crippen LogP) is -0.0974. The number of rotatable bonds is 6. The molecule has 2 heterocycles. The molecule has 21 heavy (non-hydrogen) atoms. The number of carboxylic acid groups (broad SMARTS) is 1. The van der Waals surface area contributed by atoms with Crippen LogP contribution in [0.2, 0.25) is 0 Å². The van der Waals surface area contributed by atoms with Crippen molar-refractivity contribution in [3.63, 3.8) is 0 Å². The van der Waals surface area contributed by atoms with E-state index in [1.54, 1.807) is 30.1 Å². The molecule has 2 N–H and O–H groups in total. The molecular formula is C12H20N4O4S. The first-order valence-corrected chi connectivity index (χ1v) is 8.30. The maximum Gasteiger partial charge on any atom is 0.306 e. The van der Waals surface area contributed by atoms with Crippen LogP contribution in [0.1, 0.15) is 19.8 Å². The molecule has 1 aromatic rings. The van der Waals surface area contributed by atoms with E-state index in [4.69, 9.17) is 5.11 Å². The number of nitrogens with one attached hydrogen (secondary N) is 1. The highest BCUT2D eigenvalue weighted by Gasteiger charge is 2.31. The molecule has 0 bridgehead atoms. The van der Waals surface area contributed by atoms with Gasteiger partial charge >= 0.3 is 5.97 Å². The molecule has 1 aromatic heterocycles. The molecule has 0 spiro atoms. The Morgan fingerprint density at radius 2 is 2.14 bits per heavy atom. The van der Waals surface area contributed by atoms with E-state index in [1.807, 2.05) is 0 Å². The highest BCUT2D eigenvalue weighted by molar-refractivity contribution is 7.87. The van der Waals surface area contributed by atoms with Gasteiger partial charge in [-0.1, -0.05) is 0 Å². The smallest absolute Gasteiger partial charge is 0.306 e. The highest BCUT2D eigenvalue weighted by Crippen LogP contribution is 2.19. The minimum absolute atomic E-state index is 0.237. The molecule has 1 atom stereocenters. The van der Waals surface area contributed by atoms with Crippen LogP contribution >= 0.6 is 0 Å². The second-order valence-corrected chi connectivity index (χ2v) is 6.97. The van der Waals surface area contributed by atoms with Gasteiger partial charge in [0.15, 0.2) is 0 Å². The first kappa shape index (κ1) is 15.9. The molecule has 8 nitrogen and oxygen atoms in total. The number of aromatic nitrogens is 2. The summed E-state index contributed by atoms with van der Waals surface area (Å²) in [5.41, 5.74) is 0. The van der Waals surface area contributed by atoms with E-state index in [0.717, 1.165) is 0 Å². The zero-order valence-electron chi connectivity index (χ0n) is 11.8. The van der Waals surface area contributed by atoms with Gasteiger partial charge in [-0.15, -0.1) is 0 Å². The van der Waals surface area contributed by atoms with Crippen LogP contribution in [0.25, 0.3) is 0 Å². The Morgan fingerprint density at radius 1 is 1.48 bits per heavy atom. The van der Waals surface area contributed by atoms with Crippen LogP contribution in [0, 0.1) is 5.92 Å². The summed E-state index contributed by atoms with van der Waals surface area (Å²) >= 11 is 0. The van der Waals surface area contributed by atoms with Crippen LogP contribution in [0.4, 0.5) is 0 Å². The Balaban J connectivity index is 1.88. The van der Waals surface area contributed by atoms with Crippen LogP contribution in [0.3, 0.4) is 0 Å². The molecule has 1 aliphatic heterocycles. The lowest BCUT2D eigenvalue weighted by Crippen LogP contribution is -2.49. The van der Waals surface area contributed by atoms with E-state index in [1.165, 1.54) is 4.31 Å². The maximum absolute atomic E-state index is 12.2.